The predicted octanol–water partition coefficient (Wildman–Crippen LogP) is 2.00. The number of nitrogens with zero attached hydrogens (tertiary/aromatic N) is 3. The highest BCUT2D eigenvalue weighted by Gasteiger charge is 2.49. The molecule has 17 heavy (non-hydrogen) atoms. The van der Waals surface area contributed by atoms with Gasteiger partial charge in [0.1, 0.15) is 5.41 Å². The molecule has 1 aliphatic carbocycles. The van der Waals surface area contributed by atoms with E-state index in [0.717, 1.165) is 10.9 Å². The summed E-state index contributed by atoms with van der Waals surface area (Å²) in [5.41, 5.74) is -0.194. The lowest BCUT2D eigenvalue weighted by molar-refractivity contribution is -0.147. The number of carbonyl (C=O) groups is 1. The molecule has 0 aromatic carbocycles. The first-order valence-corrected chi connectivity index (χ1v) is 6.17. The van der Waals surface area contributed by atoms with Crippen LogP contribution in [0.1, 0.15) is 25.1 Å². The van der Waals surface area contributed by atoms with Crippen LogP contribution >= 0.6 is 15.9 Å². The van der Waals surface area contributed by atoms with Gasteiger partial charge in [-0.15, -0.1) is 0 Å². The number of pyridine rings is 1. The second kappa shape index (κ2) is 3.53. The van der Waals surface area contributed by atoms with E-state index in [0.29, 0.717) is 24.3 Å². The van der Waals surface area contributed by atoms with Crippen LogP contribution < -0.4 is 0 Å². The number of aliphatic carboxylic acids is 1. The van der Waals surface area contributed by atoms with Crippen molar-refractivity contribution in [1.82, 2.24) is 14.6 Å². The average molecular weight is 296 g/mol. The molecule has 1 aliphatic rings. The van der Waals surface area contributed by atoms with Gasteiger partial charge in [-0.2, -0.15) is 5.10 Å². The Morgan fingerprint density at radius 3 is 2.88 bits per heavy atom. The SMILES string of the molecule is O=C(O)C1(c2nc3cc(Br)ccn3n2)CCC1. The highest BCUT2D eigenvalue weighted by atomic mass is 79.9. The maximum Gasteiger partial charge on any atom is 0.317 e. The number of hydrogen-bond donors (Lipinski definition) is 1. The Morgan fingerprint density at radius 2 is 2.29 bits per heavy atom. The van der Waals surface area contributed by atoms with Crippen molar-refractivity contribution < 1.29 is 9.90 Å². The van der Waals surface area contributed by atoms with Crippen molar-refractivity contribution in [2.45, 2.75) is 24.7 Å². The van der Waals surface area contributed by atoms with Crippen LogP contribution in [-0.4, -0.2) is 25.7 Å². The molecule has 0 spiro atoms. The van der Waals surface area contributed by atoms with Gasteiger partial charge in [0, 0.05) is 10.7 Å². The van der Waals surface area contributed by atoms with Gasteiger partial charge in [0.15, 0.2) is 11.5 Å². The standard InChI is InChI=1S/C11H10BrN3O2/c12-7-2-5-15-8(6-7)13-9(14-15)11(10(16)17)3-1-4-11/h2,5-6H,1,3-4H2,(H,16,17). The second-order valence-corrected chi connectivity index (χ2v) is 5.24. The molecule has 0 radical (unpaired) electrons. The monoisotopic (exact) mass is 295 g/mol. The van der Waals surface area contributed by atoms with Crippen LogP contribution in [0.25, 0.3) is 5.65 Å². The Hall–Kier alpha value is -1.43. The number of hydrogen-bond acceptors (Lipinski definition) is 3. The van der Waals surface area contributed by atoms with Crippen molar-refractivity contribution in [2.75, 3.05) is 0 Å². The number of fused-ring (bicyclic) bond motifs is 1. The lowest BCUT2D eigenvalue weighted by atomic mass is 9.68. The molecule has 3 rings (SSSR count). The third kappa shape index (κ3) is 1.47. The molecule has 1 fully saturated rings. The van der Waals surface area contributed by atoms with E-state index in [1.807, 2.05) is 12.1 Å². The first-order valence-electron chi connectivity index (χ1n) is 5.38. The normalized spacial score (nSPS) is 17.9. The van der Waals surface area contributed by atoms with Gasteiger partial charge in [0.25, 0.3) is 0 Å². The molecule has 88 valence electrons. The lowest BCUT2D eigenvalue weighted by Gasteiger charge is -2.34. The second-order valence-electron chi connectivity index (χ2n) is 4.32. The first kappa shape index (κ1) is 10.7. The fraction of sp³-hybridized carbons (Fsp3) is 0.364. The molecule has 0 atom stereocenters. The van der Waals surface area contributed by atoms with E-state index in [2.05, 4.69) is 26.0 Å². The van der Waals surface area contributed by atoms with Crippen molar-refractivity contribution in [3.05, 3.63) is 28.6 Å². The van der Waals surface area contributed by atoms with E-state index in [1.54, 1.807) is 10.7 Å². The molecule has 6 heteroatoms. The highest BCUT2D eigenvalue weighted by Crippen LogP contribution is 2.42. The number of carboxylic acid groups (broad SMARTS) is 1. The molecule has 2 aromatic heterocycles. The Morgan fingerprint density at radius 1 is 1.53 bits per heavy atom. The van der Waals surface area contributed by atoms with Gasteiger partial charge in [-0.1, -0.05) is 22.4 Å². The molecule has 0 bridgehead atoms. The van der Waals surface area contributed by atoms with Gasteiger partial charge < -0.3 is 5.11 Å². The van der Waals surface area contributed by atoms with Gasteiger partial charge in [-0.3, -0.25) is 4.79 Å². The molecule has 0 saturated heterocycles. The Kier molecular flexibility index (Phi) is 2.22. The lowest BCUT2D eigenvalue weighted by Crippen LogP contribution is -2.43. The number of aromatic nitrogens is 3. The van der Waals surface area contributed by atoms with Gasteiger partial charge in [0.2, 0.25) is 0 Å². The number of carboxylic acids is 1. The van der Waals surface area contributed by atoms with E-state index in [4.69, 9.17) is 0 Å². The summed E-state index contributed by atoms with van der Waals surface area (Å²) in [6.07, 6.45) is 3.94. The molecular weight excluding hydrogens is 286 g/mol. The van der Waals surface area contributed by atoms with Crippen LogP contribution in [0.15, 0.2) is 22.8 Å². The summed E-state index contributed by atoms with van der Waals surface area (Å²) in [7, 11) is 0. The summed E-state index contributed by atoms with van der Waals surface area (Å²) in [4.78, 5) is 15.7. The van der Waals surface area contributed by atoms with E-state index in [9.17, 15) is 9.90 Å². The van der Waals surface area contributed by atoms with Crippen molar-refractivity contribution >= 4 is 27.5 Å². The maximum absolute atomic E-state index is 11.3. The fourth-order valence-corrected chi connectivity index (χ4v) is 2.45. The van der Waals surface area contributed by atoms with E-state index in [1.165, 1.54) is 0 Å². The molecule has 2 heterocycles. The molecule has 1 saturated carbocycles. The van der Waals surface area contributed by atoms with Crippen molar-refractivity contribution in [2.24, 2.45) is 0 Å². The van der Waals surface area contributed by atoms with E-state index >= 15 is 0 Å². The number of rotatable bonds is 2. The van der Waals surface area contributed by atoms with Crippen LogP contribution in [0, 0.1) is 0 Å². The maximum atomic E-state index is 11.3. The Bertz CT molecular complexity index is 604. The summed E-state index contributed by atoms with van der Waals surface area (Å²) in [5.74, 6) is -0.395. The zero-order valence-corrected chi connectivity index (χ0v) is 10.5. The Balaban J connectivity index is 2.14. The van der Waals surface area contributed by atoms with Crippen LogP contribution in [0.3, 0.4) is 0 Å². The quantitative estimate of drug-likeness (QED) is 0.920. The molecule has 2 aromatic rings. The molecule has 0 amide bonds. The summed E-state index contributed by atoms with van der Waals surface area (Å²) in [6.45, 7) is 0. The third-order valence-electron chi connectivity index (χ3n) is 3.34. The summed E-state index contributed by atoms with van der Waals surface area (Å²) in [6, 6.07) is 3.67. The van der Waals surface area contributed by atoms with Gasteiger partial charge in [-0.25, -0.2) is 9.50 Å². The van der Waals surface area contributed by atoms with Crippen molar-refractivity contribution in [3.63, 3.8) is 0 Å². The minimum Gasteiger partial charge on any atom is -0.480 e. The topological polar surface area (TPSA) is 67.5 Å². The third-order valence-corrected chi connectivity index (χ3v) is 3.84. The molecular formula is C11H10BrN3O2. The number of halogens is 1. The van der Waals surface area contributed by atoms with Crippen molar-refractivity contribution in [3.8, 4) is 0 Å². The fourth-order valence-electron chi connectivity index (χ4n) is 2.12. The minimum atomic E-state index is -0.863. The van der Waals surface area contributed by atoms with Gasteiger partial charge in [-0.05, 0) is 25.0 Å². The largest absolute Gasteiger partial charge is 0.480 e. The van der Waals surface area contributed by atoms with Crippen LogP contribution in [0.2, 0.25) is 0 Å². The summed E-state index contributed by atoms with van der Waals surface area (Å²) >= 11 is 3.35. The van der Waals surface area contributed by atoms with Gasteiger partial charge in [0.05, 0.1) is 0 Å². The Labute approximate surface area is 106 Å². The summed E-state index contributed by atoms with van der Waals surface area (Å²) < 4.78 is 2.52. The van der Waals surface area contributed by atoms with Gasteiger partial charge >= 0.3 is 5.97 Å². The molecule has 1 N–H and O–H groups in total. The molecule has 0 unspecified atom stereocenters. The molecule has 5 nitrogen and oxygen atoms in total. The highest BCUT2D eigenvalue weighted by molar-refractivity contribution is 9.10. The van der Waals surface area contributed by atoms with Crippen molar-refractivity contribution in [1.29, 1.82) is 0 Å². The average Bonchev–Trinajstić information content (AvgIpc) is 2.57. The zero-order valence-electron chi connectivity index (χ0n) is 8.93. The smallest absolute Gasteiger partial charge is 0.317 e. The minimum absolute atomic E-state index is 0.425. The zero-order chi connectivity index (χ0) is 12.0. The van der Waals surface area contributed by atoms with Crippen LogP contribution in [0.5, 0.6) is 0 Å². The molecule has 0 aliphatic heterocycles. The predicted molar refractivity (Wildman–Crippen MR) is 63.9 cm³/mol. The van der Waals surface area contributed by atoms with E-state index < -0.39 is 11.4 Å². The summed E-state index contributed by atoms with van der Waals surface area (Å²) in [5, 5.41) is 13.6. The van der Waals surface area contributed by atoms with Crippen LogP contribution in [0.4, 0.5) is 0 Å². The first-order chi connectivity index (χ1) is 8.12. The van der Waals surface area contributed by atoms with Crippen LogP contribution in [-0.2, 0) is 10.2 Å². The van der Waals surface area contributed by atoms with E-state index in [-0.39, 0.29) is 0 Å².